The van der Waals surface area contributed by atoms with Crippen LogP contribution in [0.15, 0.2) is 54.7 Å². The van der Waals surface area contributed by atoms with Crippen LogP contribution < -0.4 is 26.0 Å². The number of carbonyl (C=O) groups excluding carboxylic acids is 9. The molecule has 3 aliphatic rings. The van der Waals surface area contributed by atoms with E-state index in [0.717, 1.165) is 33.3 Å². The fraction of sp³-hybridized carbons (Fsp3) is 0.571. The minimum Gasteiger partial charge on any atom is -0.494 e. The Bertz CT molecular complexity index is 2970. The van der Waals surface area contributed by atoms with Gasteiger partial charge in [0.1, 0.15) is 31.7 Å². The van der Waals surface area contributed by atoms with Crippen molar-refractivity contribution in [1.82, 2.24) is 55.7 Å². The average Bonchev–Trinajstić information content (AvgIpc) is 1.89. The molecule has 25 nitrogen and oxygen atoms in total. The number of alkyl halides is 2. The van der Waals surface area contributed by atoms with Gasteiger partial charge in [0, 0.05) is 100.0 Å². The number of nitrogens with one attached hydrogen (secondary N) is 4. The topological polar surface area (TPSA) is 299 Å². The maximum absolute atomic E-state index is 14.0. The van der Waals surface area contributed by atoms with Crippen molar-refractivity contribution < 1.29 is 76.0 Å². The Hall–Kier alpha value is -7.46. The summed E-state index contributed by atoms with van der Waals surface area (Å²) in [6.07, 6.45) is 13.0. The molecule has 3 aromatic rings. The molecular formula is C63H84F2IN11O14. The van der Waals surface area contributed by atoms with Crippen LogP contribution in [0.5, 0.6) is 5.75 Å². The summed E-state index contributed by atoms with van der Waals surface area (Å²) < 4.78 is 45.2. The van der Waals surface area contributed by atoms with Gasteiger partial charge in [-0.25, -0.2) is 8.78 Å². The van der Waals surface area contributed by atoms with Crippen LogP contribution in [0.2, 0.25) is 0 Å². The Kier molecular flexibility index (Phi) is 30.6. The SMILES string of the molecule is C#C[C@H]1CC(F)(F)CN1C(=O)CNC(=O)c1ccnc2ccc(OCCCCC3CCN(C(=O)CC(=O)NC(=O)[C@H](CCCCCNC(=O)CCCc4ccc(I)cc4)NC(=O)CN4CCN(COC=O)CCN(COC=O)CCN(CC(=O)O)CC4)CC3)cc12. The van der Waals surface area contributed by atoms with E-state index >= 15 is 0 Å². The smallest absolute Gasteiger partial charge is 0.317 e. The summed E-state index contributed by atoms with van der Waals surface area (Å²) in [4.78, 5) is 141. The second-order valence-electron chi connectivity index (χ2n) is 23.0. The van der Waals surface area contributed by atoms with E-state index in [1.165, 1.54) is 12.3 Å². The van der Waals surface area contributed by atoms with E-state index in [1.54, 1.807) is 32.9 Å². The minimum absolute atomic E-state index is 0.0306. The molecule has 0 radical (unpaired) electrons. The fourth-order valence-electron chi connectivity index (χ4n) is 11.1. The Morgan fingerprint density at radius 3 is 2.07 bits per heavy atom. The van der Waals surface area contributed by atoms with Crippen LogP contribution in [0, 0.1) is 21.8 Å². The predicted octanol–water partition coefficient (Wildman–Crippen LogP) is 3.01. The molecule has 0 saturated carbocycles. The van der Waals surface area contributed by atoms with E-state index in [2.05, 4.69) is 54.8 Å². The second-order valence-corrected chi connectivity index (χ2v) is 24.3. The molecule has 0 spiro atoms. The quantitative estimate of drug-likeness (QED) is 0.0192. The van der Waals surface area contributed by atoms with Gasteiger partial charge >= 0.3 is 5.97 Å². The van der Waals surface area contributed by atoms with E-state index in [1.807, 2.05) is 34.1 Å². The van der Waals surface area contributed by atoms with E-state index in [0.29, 0.717) is 139 Å². The van der Waals surface area contributed by atoms with Crippen molar-refractivity contribution in [3.05, 3.63) is 69.4 Å². The first kappa shape index (κ1) is 72.6. The summed E-state index contributed by atoms with van der Waals surface area (Å²) in [6, 6.07) is 12.5. The molecule has 0 aliphatic carbocycles. The molecule has 4 heterocycles. The fourth-order valence-corrected chi connectivity index (χ4v) is 11.5. The molecule has 3 fully saturated rings. The van der Waals surface area contributed by atoms with Crippen LogP contribution in [0.3, 0.4) is 0 Å². The predicted molar refractivity (Wildman–Crippen MR) is 338 cm³/mol. The molecule has 3 aliphatic heterocycles. The number of benzene rings is 2. The van der Waals surface area contributed by atoms with Gasteiger partial charge in [-0.05, 0) is 122 Å². The highest BCUT2D eigenvalue weighted by Gasteiger charge is 2.46. The third-order valence-electron chi connectivity index (χ3n) is 16.2. The van der Waals surface area contributed by atoms with E-state index < -0.39 is 85.3 Å². The highest BCUT2D eigenvalue weighted by atomic mass is 127. The summed E-state index contributed by atoms with van der Waals surface area (Å²) in [6.45, 7) is 2.77. The molecule has 0 bridgehead atoms. The molecule has 7 amide bonds. The molecule has 2 atom stereocenters. The lowest BCUT2D eigenvalue weighted by Gasteiger charge is -2.33. The van der Waals surface area contributed by atoms with Gasteiger partial charge in [0.05, 0.1) is 49.9 Å². The number of carboxylic acids is 1. The lowest BCUT2D eigenvalue weighted by Crippen LogP contribution is -2.53. The number of halogens is 3. The summed E-state index contributed by atoms with van der Waals surface area (Å²) in [7, 11) is 0. The molecule has 5 N–H and O–H groups in total. The maximum Gasteiger partial charge on any atom is 0.317 e. The molecule has 91 heavy (non-hydrogen) atoms. The number of terminal acetylenes is 1. The van der Waals surface area contributed by atoms with Crippen molar-refractivity contribution in [3.8, 4) is 18.1 Å². The number of hydrogen-bond acceptors (Lipinski definition) is 18. The van der Waals surface area contributed by atoms with E-state index in [9.17, 15) is 61.8 Å². The van der Waals surface area contributed by atoms with Crippen molar-refractivity contribution in [2.45, 2.75) is 108 Å². The monoisotopic (exact) mass is 1380 g/mol. The van der Waals surface area contributed by atoms with Gasteiger partial charge in [-0.1, -0.05) is 37.3 Å². The highest BCUT2D eigenvalue weighted by molar-refractivity contribution is 14.1. The van der Waals surface area contributed by atoms with Crippen LogP contribution in [0.25, 0.3) is 10.9 Å². The lowest BCUT2D eigenvalue weighted by atomic mass is 9.91. The minimum atomic E-state index is -3.11. The Morgan fingerprint density at radius 2 is 1.42 bits per heavy atom. The average molecular weight is 1380 g/mol. The van der Waals surface area contributed by atoms with Gasteiger partial charge in [0.25, 0.3) is 24.8 Å². The first-order chi connectivity index (χ1) is 43.8. The normalized spacial score (nSPS) is 17.5. The Labute approximate surface area is 542 Å². The summed E-state index contributed by atoms with van der Waals surface area (Å²) in [5.41, 5.74) is 1.88. The number of piperidine rings is 1. The number of pyridine rings is 1. The molecule has 2 aromatic carbocycles. The number of ether oxygens (including phenoxy) is 3. The number of aliphatic carboxylic acids is 1. The number of carbonyl (C=O) groups is 10. The first-order valence-corrected chi connectivity index (χ1v) is 32.0. The van der Waals surface area contributed by atoms with Crippen molar-refractivity contribution >= 4 is 93.8 Å². The zero-order valence-electron chi connectivity index (χ0n) is 51.3. The summed E-state index contributed by atoms with van der Waals surface area (Å²) in [5, 5.41) is 20.8. The highest BCUT2D eigenvalue weighted by Crippen LogP contribution is 2.32. The number of rotatable bonds is 33. The van der Waals surface area contributed by atoms with Crippen molar-refractivity contribution in [2.24, 2.45) is 5.92 Å². The van der Waals surface area contributed by atoms with Gasteiger partial charge in [-0.15, -0.1) is 6.42 Å². The van der Waals surface area contributed by atoms with Crippen molar-refractivity contribution in [1.29, 1.82) is 0 Å². The number of aromatic nitrogens is 1. The summed E-state index contributed by atoms with van der Waals surface area (Å²) in [5.74, 6) is -5.11. The zero-order chi connectivity index (χ0) is 65.5. The summed E-state index contributed by atoms with van der Waals surface area (Å²) >= 11 is 2.25. The molecule has 6 rings (SSSR count). The number of amides is 7. The molecule has 0 unspecified atom stereocenters. The van der Waals surface area contributed by atoms with Gasteiger partial charge in [-0.3, -0.25) is 77.8 Å². The zero-order valence-corrected chi connectivity index (χ0v) is 53.5. The number of nitrogens with zero attached hydrogens (tertiary/aromatic N) is 7. The van der Waals surface area contributed by atoms with Crippen molar-refractivity contribution in [2.75, 3.05) is 118 Å². The molecule has 3 saturated heterocycles. The molecule has 1 aromatic heterocycles. The third kappa shape index (κ3) is 26.0. The number of unbranched alkanes of at least 4 members (excludes halogenated alkanes) is 3. The van der Waals surface area contributed by atoms with Gasteiger partial charge in [0.2, 0.25) is 35.4 Å². The van der Waals surface area contributed by atoms with Crippen LogP contribution in [0.1, 0.15) is 99.4 Å². The molecule has 496 valence electrons. The largest absolute Gasteiger partial charge is 0.494 e. The number of fused-ring (bicyclic) bond motifs is 1. The Morgan fingerprint density at radius 1 is 0.758 bits per heavy atom. The standard InChI is InChI=1S/C63H84F2IN11O14/c1-2-49-37-63(64,65)41-77(49)59(84)38-69-61(87)51-19-23-67-53-18-17-50(35-52(51)53)91-34-7-5-9-47-20-24-76(25-21-47)58(83)36-56(81)71-62(88)54(11-4-3-6-22-68-55(80)12-8-10-46-13-15-48(66)16-14-46)70-57(82)39-72-26-27-73(40-60(85)86)29-31-75(43-90-45-79)33-32-74(30-28-72)42-89-44-78/h1,13-19,23,35,44-45,47,49,54H,3-12,20-22,24-34,36-43H2,(H,68,80)(H,69,87)(H,70,82)(H,85,86)(H,71,81,88)/t49-,54-/m0/s1. The second kappa shape index (κ2) is 38.4. The van der Waals surface area contributed by atoms with Crippen LogP contribution in [-0.2, 0) is 59.0 Å². The van der Waals surface area contributed by atoms with Crippen LogP contribution >= 0.6 is 22.6 Å². The maximum atomic E-state index is 14.0. The molecular weight excluding hydrogens is 1300 g/mol. The number of aryl methyl sites for hydroxylation is 1. The first-order valence-electron chi connectivity index (χ1n) is 30.9. The molecule has 28 heteroatoms. The Balaban J connectivity index is 0.963. The van der Waals surface area contributed by atoms with E-state index in [4.69, 9.17) is 20.6 Å². The number of likely N-dealkylation sites (tertiary alicyclic amines) is 2. The third-order valence-corrected chi connectivity index (χ3v) is 16.9. The van der Waals surface area contributed by atoms with Crippen molar-refractivity contribution in [3.63, 3.8) is 0 Å². The van der Waals surface area contributed by atoms with Gasteiger partial charge < -0.3 is 45.1 Å². The van der Waals surface area contributed by atoms with Crippen LogP contribution in [-0.4, -0.2) is 236 Å². The lowest BCUT2D eigenvalue weighted by molar-refractivity contribution is -0.140. The van der Waals surface area contributed by atoms with Gasteiger partial charge in [-0.2, -0.15) is 0 Å². The number of imide groups is 1. The number of carboxylic acid groups (broad SMARTS) is 1. The van der Waals surface area contributed by atoms with Crippen LogP contribution in [0.4, 0.5) is 8.78 Å². The number of hydrogen-bond donors (Lipinski definition) is 5. The van der Waals surface area contributed by atoms with Gasteiger partial charge in [0.15, 0.2) is 0 Å². The van der Waals surface area contributed by atoms with E-state index in [-0.39, 0.29) is 70.6 Å².